The molecule has 13 heteroatoms. The zero-order valence-electron chi connectivity index (χ0n) is 25.5. The predicted octanol–water partition coefficient (Wildman–Crippen LogP) is 6.72. The molecular weight excluding hydrogens is 626 g/mol. The van der Waals surface area contributed by atoms with Crippen LogP contribution in [0.25, 0.3) is 44.7 Å². The molecule has 1 atom stereocenters. The Balaban J connectivity index is 1.22. The third kappa shape index (κ3) is 4.31. The number of carbonyl (C=O) groups is 1. The van der Waals surface area contributed by atoms with E-state index in [0.717, 1.165) is 11.1 Å². The number of nitrogens with zero attached hydrogens (tertiary/aromatic N) is 7. The molecule has 0 bridgehead atoms. The van der Waals surface area contributed by atoms with Crippen LogP contribution >= 0.6 is 0 Å². The van der Waals surface area contributed by atoms with Gasteiger partial charge in [0.25, 0.3) is 11.4 Å². The number of methoxy groups -OCH3 is 1. The minimum atomic E-state index is -0.963. The van der Waals surface area contributed by atoms with Gasteiger partial charge in [0.2, 0.25) is 11.8 Å². The number of hydrogen-bond donors (Lipinski definition) is 0. The highest BCUT2D eigenvalue weighted by Gasteiger charge is 2.60. The Morgan fingerprint density at radius 2 is 1.51 bits per heavy atom. The van der Waals surface area contributed by atoms with E-state index >= 15 is 0 Å². The summed E-state index contributed by atoms with van der Waals surface area (Å²) in [5.74, 6) is -0.0329. The normalized spacial score (nSPS) is 15.8. The van der Waals surface area contributed by atoms with Gasteiger partial charge in [-0.25, -0.2) is 15.0 Å². The van der Waals surface area contributed by atoms with Gasteiger partial charge in [0.1, 0.15) is 17.2 Å². The van der Waals surface area contributed by atoms with E-state index < -0.39 is 15.4 Å². The maximum absolute atomic E-state index is 13.5. The van der Waals surface area contributed by atoms with Crippen LogP contribution in [0.3, 0.4) is 0 Å². The minimum Gasteiger partial charge on any atom is -0.480 e. The van der Waals surface area contributed by atoms with Crippen molar-refractivity contribution in [1.82, 2.24) is 15.0 Å². The number of rotatable bonds is 6. The highest BCUT2D eigenvalue weighted by Crippen LogP contribution is 2.57. The number of nitriles is 1. The van der Waals surface area contributed by atoms with Crippen LogP contribution < -0.4 is 9.64 Å². The topological polar surface area (TPSA) is 178 Å². The van der Waals surface area contributed by atoms with Crippen molar-refractivity contribution in [2.45, 2.75) is 12.0 Å². The average Bonchev–Trinajstić information content (AvgIpc) is 3.40. The molecule has 6 aromatic rings. The molecule has 8 rings (SSSR count). The van der Waals surface area contributed by atoms with Crippen LogP contribution in [0.15, 0.2) is 97.1 Å². The lowest BCUT2D eigenvalue weighted by molar-refractivity contribution is -0.385. The molecule has 0 N–H and O–H groups in total. The lowest BCUT2D eigenvalue weighted by Gasteiger charge is -2.50. The number of nitro benzene ring substituents is 2. The molecule has 1 aliphatic carbocycles. The monoisotopic (exact) mass is 647 g/mol. The number of nitro groups is 2. The summed E-state index contributed by atoms with van der Waals surface area (Å²) >= 11 is 0. The third-order valence-corrected chi connectivity index (χ3v) is 9.02. The summed E-state index contributed by atoms with van der Waals surface area (Å²) in [6.07, 6.45) is 0.140. The molecule has 236 valence electrons. The van der Waals surface area contributed by atoms with E-state index in [1.165, 1.54) is 31.4 Å². The zero-order valence-corrected chi connectivity index (χ0v) is 25.5. The SMILES string of the molecule is COc1nc(-c2ccc(N3C(=O)CC34c3ccccc3-c3nc5ccc([N+](=O)[O-])cc5nc34)cc2)cc(-c2ccc([N+](=O)[O-])cc2)c1C#N. The molecule has 13 nitrogen and oxygen atoms in total. The first kappa shape index (κ1) is 29.3. The van der Waals surface area contributed by atoms with Crippen molar-refractivity contribution in [3.63, 3.8) is 0 Å². The molecule has 1 spiro atoms. The van der Waals surface area contributed by atoms with Crippen molar-refractivity contribution in [1.29, 1.82) is 5.26 Å². The fourth-order valence-electron chi connectivity index (χ4n) is 6.78. The molecule has 0 saturated carbocycles. The second-order valence-corrected chi connectivity index (χ2v) is 11.6. The van der Waals surface area contributed by atoms with Gasteiger partial charge in [-0.15, -0.1) is 0 Å². The molecule has 1 aliphatic heterocycles. The molecule has 2 aliphatic rings. The number of anilines is 1. The lowest BCUT2D eigenvalue weighted by atomic mass is 9.77. The molecule has 2 aromatic heterocycles. The maximum atomic E-state index is 13.5. The van der Waals surface area contributed by atoms with Crippen molar-refractivity contribution in [2.24, 2.45) is 0 Å². The number of fused-ring (bicyclic) bond motifs is 6. The van der Waals surface area contributed by atoms with Crippen molar-refractivity contribution >= 4 is 34.0 Å². The van der Waals surface area contributed by atoms with Crippen LogP contribution in [0.1, 0.15) is 23.2 Å². The van der Waals surface area contributed by atoms with E-state index in [2.05, 4.69) is 11.1 Å². The summed E-state index contributed by atoms with van der Waals surface area (Å²) in [5.41, 5.74) is 5.60. The number of hydrogen-bond acceptors (Lipinski definition) is 10. The summed E-state index contributed by atoms with van der Waals surface area (Å²) in [6.45, 7) is 0. The first-order valence-electron chi connectivity index (χ1n) is 15.0. The highest BCUT2D eigenvalue weighted by molar-refractivity contribution is 6.07. The molecule has 1 amide bonds. The Morgan fingerprint density at radius 1 is 0.816 bits per heavy atom. The van der Waals surface area contributed by atoms with Gasteiger partial charge in [-0.1, -0.05) is 36.4 Å². The molecule has 3 heterocycles. The van der Waals surface area contributed by atoms with Crippen LogP contribution in [-0.4, -0.2) is 37.8 Å². The lowest BCUT2D eigenvalue weighted by Crippen LogP contribution is -2.61. The molecule has 1 unspecified atom stereocenters. The van der Waals surface area contributed by atoms with Gasteiger partial charge in [-0.3, -0.25) is 29.9 Å². The van der Waals surface area contributed by atoms with Crippen molar-refractivity contribution in [2.75, 3.05) is 12.0 Å². The van der Waals surface area contributed by atoms with Crippen LogP contribution in [0.5, 0.6) is 5.88 Å². The first-order chi connectivity index (χ1) is 23.7. The Bertz CT molecular complexity index is 2460. The summed E-state index contributed by atoms with van der Waals surface area (Å²) in [5, 5.41) is 32.6. The number of benzene rings is 4. The van der Waals surface area contributed by atoms with E-state index in [-0.39, 0.29) is 35.1 Å². The van der Waals surface area contributed by atoms with Crippen LogP contribution in [0.2, 0.25) is 0 Å². The van der Waals surface area contributed by atoms with Gasteiger partial charge < -0.3 is 4.74 Å². The largest absolute Gasteiger partial charge is 0.480 e. The summed E-state index contributed by atoms with van der Waals surface area (Å²) in [7, 11) is 1.41. The predicted molar refractivity (Wildman–Crippen MR) is 178 cm³/mol. The number of ether oxygens (including phenoxy) is 1. The van der Waals surface area contributed by atoms with Gasteiger partial charge >= 0.3 is 0 Å². The van der Waals surface area contributed by atoms with E-state index in [0.29, 0.717) is 50.5 Å². The standard InChI is InChI=1S/C36H21N7O6/c1-49-35-27(19-37)26(20-6-12-23(13-7-20)42(45)46)17-30(40-35)21-8-10-22(11-9-21)41-32(44)18-36(41)28-5-3-2-4-25(28)33-34(36)39-31-16-24(43(47)48)14-15-29(31)38-33/h2-17H,18H2,1H3. The summed E-state index contributed by atoms with van der Waals surface area (Å²) < 4.78 is 5.46. The van der Waals surface area contributed by atoms with Crippen molar-refractivity contribution in [3.05, 3.63) is 134 Å². The molecule has 0 radical (unpaired) electrons. The van der Waals surface area contributed by atoms with E-state index in [1.807, 2.05) is 24.3 Å². The Labute approximate surface area is 277 Å². The number of non-ortho nitro benzene ring substituents is 2. The Kier molecular flexibility index (Phi) is 6.43. The minimum absolute atomic E-state index is 0.0783. The van der Waals surface area contributed by atoms with Crippen LogP contribution in [0.4, 0.5) is 17.1 Å². The van der Waals surface area contributed by atoms with Crippen LogP contribution in [0, 0.1) is 31.6 Å². The molecule has 1 saturated heterocycles. The average molecular weight is 648 g/mol. The maximum Gasteiger partial charge on any atom is 0.271 e. The molecule has 4 aromatic carbocycles. The highest BCUT2D eigenvalue weighted by atomic mass is 16.6. The second-order valence-electron chi connectivity index (χ2n) is 11.6. The quantitative estimate of drug-likeness (QED) is 0.107. The number of carbonyl (C=O) groups excluding carboxylic acids is 1. The Hall–Kier alpha value is -7.07. The molecule has 49 heavy (non-hydrogen) atoms. The number of β-lactam (4-membered cyclic amide) rings is 1. The second kappa shape index (κ2) is 10.7. The van der Waals surface area contributed by atoms with Crippen LogP contribution in [-0.2, 0) is 10.3 Å². The number of pyridine rings is 1. The molecule has 1 fully saturated rings. The number of amides is 1. The third-order valence-electron chi connectivity index (χ3n) is 9.02. The fraction of sp³-hybridized carbons (Fsp3) is 0.0833. The summed E-state index contributed by atoms with van der Waals surface area (Å²) in [4.78, 5) is 51.2. The van der Waals surface area contributed by atoms with E-state index in [4.69, 9.17) is 14.7 Å². The van der Waals surface area contributed by atoms with Crippen molar-refractivity contribution in [3.8, 4) is 45.6 Å². The molecular formula is C36H21N7O6. The fourth-order valence-corrected chi connectivity index (χ4v) is 6.78. The van der Waals surface area contributed by atoms with Crippen molar-refractivity contribution < 1.29 is 19.4 Å². The smallest absolute Gasteiger partial charge is 0.271 e. The van der Waals surface area contributed by atoms with Gasteiger partial charge in [0.15, 0.2) is 0 Å². The first-order valence-corrected chi connectivity index (χ1v) is 15.0. The van der Waals surface area contributed by atoms with E-state index in [9.17, 15) is 30.3 Å². The van der Waals surface area contributed by atoms with E-state index in [1.54, 1.807) is 53.4 Å². The van der Waals surface area contributed by atoms with Gasteiger partial charge in [-0.05, 0) is 47.5 Å². The van der Waals surface area contributed by atoms with Gasteiger partial charge in [0, 0.05) is 46.6 Å². The Morgan fingerprint density at radius 3 is 2.18 bits per heavy atom. The van der Waals surface area contributed by atoms with Gasteiger partial charge in [-0.2, -0.15) is 5.26 Å². The number of aromatic nitrogens is 3. The summed E-state index contributed by atoms with van der Waals surface area (Å²) in [6, 6.07) is 29.0. The van der Waals surface area contributed by atoms with Gasteiger partial charge in [0.05, 0.1) is 51.5 Å². The zero-order chi connectivity index (χ0) is 34.0.